The summed E-state index contributed by atoms with van der Waals surface area (Å²) in [7, 11) is 0. The van der Waals surface area contributed by atoms with Crippen LogP contribution < -0.4 is 5.32 Å². The zero-order valence-electron chi connectivity index (χ0n) is 17.5. The fraction of sp³-hybridized carbons (Fsp3) is 0.588. The van der Waals surface area contributed by atoms with Gasteiger partial charge in [-0.05, 0) is 30.6 Å². The maximum Gasteiger partial charge on any atom is 0.410 e. The molecular weight excluding hydrogens is 412 g/mol. The lowest BCUT2D eigenvalue weighted by molar-refractivity contribution is -0.390. The van der Waals surface area contributed by atoms with Gasteiger partial charge >= 0.3 is 17.7 Å². The first-order valence-corrected chi connectivity index (χ1v) is 9.64. The van der Waals surface area contributed by atoms with E-state index in [4.69, 9.17) is 4.74 Å². The predicted octanol–water partition coefficient (Wildman–Crippen LogP) is 1.44. The number of rotatable bonds is 2. The van der Waals surface area contributed by atoms with E-state index in [1.807, 2.05) is 0 Å². The Morgan fingerprint density at radius 1 is 1.03 bits per heavy atom. The molecule has 0 atom stereocenters. The first-order chi connectivity index (χ1) is 14.5. The Morgan fingerprint density at radius 2 is 1.61 bits per heavy atom. The van der Waals surface area contributed by atoms with Gasteiger partial charge < -0.3 is 35.2 Å². The molecule has 14 nitrogen and oxygen atoms in total. The highest BCUT2D eigenvalue weighted by Crippen LogP contribution is 2.20. The number of hydrogen-bond acceptors (Lipinski definition) is 9. The molecule has 1 N–H and O–H groups in total. The van der Waals surface area contributed by atoms with Crippen LogP contribution in [0, 0.1) is 20.2 Å². The molecule has 2 aromatic heterocycles. The Hall–Kier alpha value is -3.55. The van der Waals surface area contributed by atoms with E-state index in [1.165, 1.54) is 17.0 Å². The number of carbonyl (C=O) groups is 1. The first-order valence-electron chi connectivity index (χ1n) is 9.64. The van der Waals surface area contributed by atoms with Gasteiger partial charge in [-0.3, -0.25) is 0 Å². The highest BCUT2D eigenvalue weighted by Gasteiger charge is 2.29. The lowest BCUT2D eigenvalue weighted by Gasteiger charge is -2.29. The van der Waals surface area contributed by atoms with Crippen LogP contribution in [0.15, 0.2) is 12.1 Å². The Balaban J connectivity index is 0.000000194. The molecule has 0 unspecified atom stereocenters. The number of nitrogens with one attached hydrogen (secondary N) is 1. The van der Waals surface area contributed by atoms with E-state index in [2.05, 4.69) is 15.5 Å². The van der Waals surface area contributed by atoms with Crippen molar-refractivity contribution < 1.29 is 19.4 Å². The van der Waals surface area contributed by atoms with Crippen molar-refractivity contribution in [1.82, 2.24) is 29.8 Å². The molecule has 31 heavy (non-hydrogen) atoms. The van der Waals surface area contributed by atoms with Gasteiger partial charge in [-0.15, -0.1) is 0 Å². The lowest BCUT2D eigenvalue weighted by Crippen LogP contribution is -2.41. The largest absolute Gasteiger partial charge is 0.444 e. The van der Waals surface area contributed by atoms with Crippen molar-refractivity contribution in [2.45, 2.75) is 52.6 Å². The lowest BCUT2D eigenvalue weighted by atomic mass is 10.2. The Morgan fingerprint density at radius 3 is 2.16 bits per heavy atom. The van der Waals surface area contributed by atoms with Crippen LogP contribution in [0.4, 0.5) is 16.4 Å². The van der Waals surface area contributed by atoms with Gasteiger partial charge in [0.2, 0.25) is 0 Å². The summed E-state index contributed by atoms with van der Waals surface area (Å²) in [5.41, 5.74) is 0.970. The van der Waals surface area contributed by atoms with Crippen LogP contribution in [-0.2, 0) is 30.9 Å². The average molecular weight is 436 g/mol. The molecule has 2 aromatic rings. The molecule has 0 bridgehead atoms. The maximum atomic E-state index is 11.9. The van der Waals surface area contributed by atoms with Gasteiger partial charge in [0.05, 0.1) is 53.4 Å². The van der Waals surface area contributed by atoms with Crippen molar-refractivity contribution >= 4 is 17.7 Å². The van der Waals surface area contributed by atoms with Crippen LogP contribution in [0.2, 0.25) is 0 Å². The Kier molecular flexibility index (Phi) is 6.19. The molecule has 4 heterocycles. The zero-order valence-corrected chi connectivity index (χ0v) is 17.5. The normalized spacial score (nSPS) is 15.3. The van der Waals surface area contributed by atoms with Gasteiger partial charge in [0, 0.05) is 19.6 Å². The van der Waals surface area contributed by atoms with Crippen LogP contribution in [-0.4, -0.2) is 59.1 Å². The predicted molar refractivity (Wildman–Crippen MR) is 106 cm³/mol. The van der Waals surface area contributed by atoms with Crippen LogP contribution in [0.5, 0.6) is 0 Å². The number of nitro groups is 2. The van der Waals surface area contributed by atoms with Crippen molar-refractivity contribution in [3.8, 4) is 0 Å². The molecule has 1 amide bonds. The van der Waals surface area contributed by atoms with E-state index >= 15 is 0 Å². The molecular formula is C17H24N8O6. The molecule has 0 radical (unpaired) electrons. The fourth-order valence-electron chi connectivity index (χ4n) is 3.09. The number of hydrogen-bond donors (Lipinski definition) is 1. The third-order valence-electron chi connectivity index (χ3n) is 4.47. The molecule has 2 aliphatic rings. The molecule has 0 saturated carbocycles. The summed E-state index contributed by atoms with van der Waals surface area (Å²) in [6.07, 6.45) is -0.414. The van der Waals surface area contributed by atoms with E-state index in [0.717, 1.165) is 12.2 Å². The standard InChI is InChI=1S/C11H16N4O4.C6H8N4O2/c1-11(2,3)19-10(16)13-4-5-14-8(7-13)6-9(12-14)15(17)18;11-10(12)6-3-5-4-7-1-2-9(5)8-6/h6H,4-5,7H2,1-3H3;3,7H,1-2,4H2. The summed E-state index contributed by atoms with van der Waals surface area (Å²) in [5.74, 6) is -0.255. The summed E-state index contributed by atoms with van der Waals surface area (Å²) in [4.78, 5) is 33.4. The van der Waals surface area contributed by atoms with Crippen molar-refractivity contribution in [2.75, 3.05) is 13.1 Å². The number of aromatic nitrogens is 4. The maximum absolute atomic E-state index is 11.9. The molecule has 0 fully saturated rings. The monoisotopic (exact) mass is 436 g/mol. The second-order valence-electron chi connectivity index (χ2n) is 8.03. The second kappa shape index (κ2) is 8.67. The summed E-state index contributed by atoms with van der Waals surface area (Å²) >= 11 is 0. The third-order valence-corrected chi connectivity index (χ3v) is 4.47. The highest BCUT2D eigenvalue weighted by molar-refractivity contribution is 5.68. The minimum Gasteiger partial charge on any atom is -0.444 e. The molecule has 0 saturated heterocycles. The average Bonchev–Trinajstić information content (AvgIpc) is 3.31. The fourth-order valence-corrected chi connectivity index (χ4v) is 3.09. The molecule has 0 aliphatic carbocycles. The van der Waals surface area contributed by atoms with Gasteiger partial charge in [0.1, 0.15) is 5.60 Å². The summed E-state index contributed by atoms with van der Waals surface area (Å²) in [5, 5.41) is 31.8. The van der Waals surface area contributed by atoms with E-state index < -0.39 is 21.5 Å². The summed E-state index contributed by atoms with van der Waals surface area (Å²) < 4.78 is 8.50. The van der Waals surface area contributed by atoms with Crippen molar-refractivity contribution in [3.63, 3.8) is 0 Å². The van der Waals surface area contributed by atoms with E-state index in [0.29, 0.717) is 31.9 Å². The SMILES string of the molecule is CC(C)(C)OC(=O)N1CCn2nc([N+](=O)[O-])cc2C1.O=[N+]([O-])c1cc2n(n1)CCNC2. The molecule has 0 spiro atoms. The zero-order chi connectivity index (χ0) is 22.8. The van der Waals surface area contributed by atoms with E-state index in [9.17, 15) is 25.0 Å². The minimum absolute atomic E-state index is 0.0614. The van der Waals surface area contributed by atoms with E-state index in [1.54, 1.807) is 30.1 Å². The molecule has 14 heteroatoms. The smallest absolute Gasteiger partial charge is 0.410 e. The Bertz CT molecular complexity index is 968. The molecule has 168 valence electrons. The second-order valence-corrected chi connectivity index (χ2v) is 8.03. The summed E-state index contributed by atoms with van der Waals surface area (Å²) in [6.45, 7) is 8.73. The van der Waals surface area contributed by atoms with Gasteiger partial charge in [0.15, 0.2) is 0 Å². The minimum atomic E-state index is -0.555. The van der Waals surface area contributed by atoms with Crippen molar-refractivity contribution in [2.24, 2.45) is 0 Å². The van der Waals surface area contributed by atoms with Crippen molar-refractivity contribution in [3.05, 3.63) is 43.7 Å². The van der Waals surface area contributed by atoms with Crippen molar-refractivity contribution in [1.29, 1.82) is 0 Å². The summed E-state index contributed by atoms with van der Waals surface area (Å²) in [6, 6.07) is 2.89. The Labute approximate surface area is 177 Å². The number of amides is 1. The molecule has 2 aliphatic heterocycles. The van der Waals surface area contributed by atoms with Crippen LogP contribution >= 0.6 is 0 Å². The quantitative estimate of drug-likeness (QED) is 0.542. The number of carbonyl (C=O) groups excluding carboxylic acids is 1. The topological polar surface area (TPSA) is 163 Å². The van der Waals surface area contributed by atoms with Gasteiger partial charge in [-0.1, -0.05) is 0 Å². The first kappa shape index (κ1) is 22.1. The van der Waals surface area contributed by atoms with E-state index in [-0.39, 0.29) is 18.2 Å². The van der Waals surface area contributed by atoms with Gasteiger partial charge in [0.25, 0.3) is 0 Å². The third kappa shape index (κ3) is 5.53. The highest BCUT2D eigenvalue weighted by atomic mass is 16.6. The van der Waals surface area contributed by atoms with Crippen LogP contribution in [0.1, 0.15) is 32.2 Å². The van der Waals surface area contributed by atoms with Gasteiger partial charge in [-0.2, -0.15) is 9.36 Å². The van der Waals surface area contributed by atoms with Crippen LogP contribution in [0.3, 0.4) is 0 Å². The number of fused-ring (bicyclic) bond motifs is 2. The molecule has 4 rings (SSSR count). The number of nitrogens with zero attached hydrogens (tertiary/aromatic N) is 7. The molecule has 0 aromatic carbocycles. The number of ether oxygens (including phenoxy) is 1. The van der Waals surface area contributed by atoms with Gasteiger partial charge in [-0.25, -0.2) is 4.79 Å². The van der Waals surface area contributed by atoms with Crippen LogP contribution in [0.25, 0.3) is 0 Å².